The second-order valence-corrected chi connectivity index (χ2v) is 10.1. The molecule has 0 saturated heterocycles. The van der Waals surface area contributed by atoms with Crippen LogP contribution in [-0.2, 0) is 19.8 Å². The number of benzene rings is 1. The van der Waals surface area contributed by atoms with Crippen LogP contribution >= 0.6 is 15.9 Å². The molecule has 4 nitrogen and oxygen atoms in total. The minimum Gasteiger partial charge on any atom is -0.237 e. The summed E-state index contributed by atoms with van der Waals surface area (Å²) in [5, 5.41) is -7.27. The summed E-state index contributed by atoms with van der Waals surface area (Å²) < 4.78 is 192. The summed E-state index contributed by atoms with van der Waals surface area (Å²) in [5.74, 6) is -15.4. The van der Waals surface area contributed by atoms with Gasteiger partial charge in [0.05, 0.1) is 4.90 Å². The molecule has 0 bridgehead atoms. The van der Waals surface area contributed by atoms with Crippen LogP contribution in [0.25, 0.3) is 0 Å². The third-order valence-electron chi connectivity index (χ3n) is 3.09. The van der Waals surface area contributed by atoms with Crippen LogP contribution in [0.3, 0.4) is 0 Å². The van der Waals surface area contributed by atoms with Crippen molar-refractivity contribution in [2.24, 2.45) is 3.77 Å². The number of rotatable bonds is 5. The highest BCUT2D eigenvalue weighted by molar-refractivity contribution is 9.10. The van der Waals surface area contributed by atoms with Crippen LogP contribution in [0.1, 0.15) is 0 Å². The Morgan fingerprint density at radius 1 is 0.700 bits per heavy atom. The summed E-state index contributed by atoms with van der Waals surface area (Å²) in [6.45, 7) is 0. The molecule has 0 aromatic heterocycles. The highest BCUT2D eigenvalue weighted by Crippen LogP contribution is 2.56. The van der Waals surface area contributed by atoms with E-state index in [9.17, 15) is 65.3 Å². The predicted molar refractivity (Wildman–Crippen MR) is 78.8 cm³/mol. The second-order valence-electron chi connectivity index (χ2n) is 5.14. The number of alkyl halides is 12. The standard InChI is InChI=1S/C11H4BrF12NO3S2/c12-5-1-3-6(4-2-5)29(26,25-30(27,28)11(22,23)24)10(20,21)8(15,16)7(13,14)9(17,18)19/h1-4H/t29-/m0/s1. The lowest BCUT2D eigenvalue weighted by Crippen LogP contribution is -2.63. The summed E-state index contributed by atoms with van der Waals surface area (Å²) in [6, 6.07) is 1.05. The summed E-state index contributed by atoms with van der Waals surface area (Å²) in [6.07, 6.45) is -7.40. The molecule has 0 fully saturated rings. The molecular formula is C11H4BrF12NO3S2. The third-order valence-corrected chi connectivity index (χ3v) is 7.69. The van der Waals surface area contributed by atoms with E-state index in [-0.39, 0.29) is 16.6 Å². The molecule has 0 N–H and O–H groups in total. The molecule has 0 aliphatic carbocycles. The van der Waals surface area contributed by atoms with E-state index in [1.807, 2.05) is 0 Å². The molecule has 0 aliphatic rings. The quantitative estimate of drug-likeness (QED) is 0.437. The lowest BCUT2D eigenvalue weighted by molar-refractivity contribution is -0.381. The van der Waals surface area contributed by atoms with Crippen LogP contribution in [0.15, 0.2) is 37.4 Å². The van der Waals surface area contributed by atoms with Gasteiger partial charge in [0.15, 0.2) is 9.73 Å². The first-order valence-corrected chi connectivity index (χ1v) is 10.3. The molecular weight excluding hydrogens is 566 g/mol. The number of halogens is 13. The summed E-state index contributed by atoms with van der Waals surface area (Å²) in [7, 11) is -14.5. The molecule has 0 amide bonds. The smallest absolute Gasteiger partial charge is 0.237 e. The molecule has 0 heterocycles. The zero-order valence-electron chi connectivity index (χ0n) is 13.2. The Morgan fingerprint density at radius 3 is 1.43 bits per heavy atom. The van der Waals surface area contributed by atoms with Gasteiger partial charge >= 0.3 is 38.8 Å². The van der Waals surface area contributed by atoms with Gasteiger partial charge in [0.25, 0.3) is 0 Å². The van der Waals surface area contributed by atoms with Crippen LogP contribution in [0.4, 0.5) is 52.7 Å². The summed E-state index contributed by atoms with van der Waals surface area (Å²) >= 11 is 2.63. The number of nitrogens with zero attached hydrogens (tertiary/aromatic N) is 1. The second kappa shape index (κ2) is 7.42. The van der Waals surface area contributed by atoms with E-state index in [4.69, 9.17) is 0 Å². The van der Waals surface area contributed by atoms with Gasteiger partial charge in [-0.25, -0.2) is 4.21 Å². The van der Waals surface area contributed by atoms with Crippen molar-refractivity contribution in [3.05, 3.63) is 28.7 Å². The molecule has 0 unspecified atom stereocenters. The fourth-order valence-electron chi connectivity index (χ4n) is 1.57. The Bertz CT molecular complexity index is 1020. The van der Waals surface area contributed by atoms with Gasteiger partial charge in [-0.1, -0.05) is 19.7 Å². The van der Waals surface area contributed by atoms with Crippen molar-refractivity contribution in [2.75, 3.05) is 0 Å². The van der Waals surface area contributed by atoms with Crippen LogP contribution in [0, 0.1) is 0 Å². The zero-order chi connectivity index (χ0) is 24.2. The third kappa shape index (κ3) is 4.11. The van der Waals surface area contributed by atoms with Gasteiger partial charge in [-0.3, -0.25) is 0 Å². The molecule has 1 atom stereocenters. The average molecular weight is 570 g/mol. The Labute approximate surface area is 167 Å². The molecule has 0 spiro atoms. The minimum absolute atomic E-state index is 0.0114. The average Bonchev–Trinajstić information content (AvgIpc) is 2.52. The van der Waals surface area contributed by atoms with Crippen LogP contribution < -0.4 is 0 Å². The minimum atomic E-state index is -7.70. The first-order valence-electron chi connectivity index (χ1n) is 6.51. The van der Waals surface area contributed by atoms with E-state index >= 15 is 0 Å². The fourth-order valence-corrected chi connectivity index (χ4v) is 5.28. The number of sulfonamides is 1. The maximum absolute atomic E-state index is 14.2. The Balaban J connectivity index is 4.11. The van der Waals surface area contributed by atoms with E-state index in [0.29, 0.717) is 12.1 Å². The number of hydrogen-bond donors (Lipinski definition) is 0. The van der Waals surface area contributed by atoms with Gasteiger partial charge in [-0.2, -0.15) is 61.1 Å². The fraction of sp³-hybridized carbons (Fsp3) is 0.455. The molecule has 0 radical (unpaired) electrons. The SMILES string of the molecule is O=S(=O)(N=[S@](=O)(c1ccc(Br)cc1)C(F)(F)C(F)(F)C(F)(F)C(F)(F)F)C(F)(F)F. The Kier molecular flexibility index (Phi) is 6.63. The molecule has 0 aliphatic heterocycles. The van der Waals surface area contributed by atoms with Crippen molar-refractivity contribution in [2.45, 2.75) is 33.7 Å². The van der Waals surface area contributed by atoms with E-state index in [0.717, 1.165) is 0 Å². The number of hydrogen-bond acceptors (Lipinski definition) is 3. The Morgan fingerprint density at radius 2 is 1.10 bits per heavy atom. The maximum atomic E-state index is 14.2. The normalized spacial score (nSPS) is 16.8. The molecule has 0 saturated carbocycles. The monoisotopic (exact) mass is 569 g/mol. The first-order chi connectivity index (χ1) is 13.0. The van der Waals surface area contributed by atoms with Crippen molar-refractivity contribution in [3.8, 4) is 0 Å². The van der Waals surface area contributed by atoms with Crippen molar-refractivity contribution in [1.29, 1.82) is 0 Å². The summed E-state index contributed by atoms with van der Waals surface area (Å²) in [4.78, 5) is -2.00. The molecule has 174 valence electrons. The highest BCUT2D eigenvalue weighted by atomic mass is 79.9. The van der Waals surface area contributed by atoms with E-state index in [1.165, 1.54) is 3.77 Å². The van der Waals surface area contributed by atoms with E-state index in [2.05, 4.69) is 15.9 Å². The van der Waals surface area contributed by atoms with Crippen molar-refractivity contribution in [3.63, 3.8) is 0 Å². The van der Waals surface area contributed by atoms with E-state index in [1.54, 1.807) is 0 Å². The van der Waals surface area contributed by atoms with Gasteiger partial charge < -0.3 is 0 Å². The maximum Gasteiger partial charge on any atom is 0.519 e. The lowest BCUT2D eigenvalue weighted by atomic mass is 10.1. The molecule has 1 rings (SSSR count). The van der Waals surface area contributed by atoms with Crippen LogP contribution in [0.5, 0.6) is 0 Å². The molecule has 30 heavy (non-hydrogen) atoms. The zero-order valence-corrected chi connectivity index (χ0v) is 16.4. The summed E-state index contributed by atoms with van der Waals surface area (Å²) in [5.41, 5.74) is -6.64. The van der Waals surface area contributed by atoms with Crippen LogP contribution in [-0.4, -0.2) is 41.4 Å². The molecule has 1 aromatic rings. The molecule has 19 heteroatoms. The lowest BCUT2D eigenvalue weighted by Gasteiger charge is -2.34. The van der Waals surface area contributed by atoms with Gasteiger partial charge in [0.2, 0.25) is 0 Å². The van der Waals surface area contributed by atoms with Gasteiger partial charge in [0, 0.05) is 4.47 Å². The molecule has 1 aromatic carbocycles. The van der Waals surface area contributed by atoms with Gasteiger partial charge in [0.1, 0.15) is 0 Å². The van der Waals surface area contributed by atoms with Crippen molar-refractivity contribution in [1.82, 2.24) is 0 Å². The van der Waals surface area contributed by atoms with Crippen molar-refractivity contribution >= 4 is 35.7 Å². The van der Waals surface area contributed by atoms with E-state index < -0.39 is 53.4 Å². The largest absolute Gasteiger partial charge is 0.519 e. The first kappa shape index (κ1) is 26.8. The van der Waals surface area contributed by atoms with Crippen LogP contribution in [0.2, 0.25) is 0 Å². The topological polar surface area (TPSA) is 63.6 Å². The van der Waals surface area contributed by atoms with Gasteiger partial charge in [-0.15, -0.1) is 0 Å². The Hall–Kier alpha value is -1.24. The predicted octanol–water partition coefficient (Wildman–Crippen LogP) is 5.55. The highest BCUT2D eigenvalue weighted by Gasteiger charge is 2.84. The van der Waals surface area contributed by atoms with Gasteiger partial charge in [-0.05, 0) is 24.3 Å². The van der Waals surface area contributed by atoms with Crippen molar-refractivity contribution < 1.29 is 65.3 Å².